The molecule has 1 heterocycles. The summed E-state index contributed by atoms with van der Waals surface area (Å²) in [5.74, 6) is 0. The fourth-order valence-corrected chi connectivity index (χ4v) is 3.56. The summed E-state index contributed by atoms with van der Waals surface area (Å²) in [5, 5.41) is 0.294. The summed E-state index contributed by atoms with van der Waals surface area (Å²) < 4.78 is 26.9. The SMILES string of the molecule is Cc1cc(CNS(=O)(=O)c2cc(Cl)c(Cl)cc2Cl)ncn1. The van der Waals surface area contributed by atoms with Gasteiger partial charge in [0.2, 0.25) is 10.0 Å². The van der Waals surface area contributed by atoms with Gasteiger partial charge < -0.3 is 0 Å². The van der Waals surface area contributed by atoms with Gasteiger partial charge in [-0.25, -0.2) is 23.1 Å². The summed E-state index contributed by atoms with van der Waals surface area (Å²) in [4.78, 5) is 7.77. The Morgan fingerprint density at radius 1 is 1.05 bits per heavy atom. The third kappa shape index (κ3) is 4.05. The van der Waals surface area contributed by atoms with Crippen LogP contribution >= 0.6 is 34.8 Å². The number of aryl methyl sites for hydroxylation is 1. The van der Waals surface area contributed by atoms with Gasteiger partial charge in [-0.2, -0.15) is 0 Å². The first kappa shape index (κ1) is 16.5. The van der Waals surface area contributed by atoms with Gasteiger partial charge in [-0.3, -0.25) is 0 Å². The maximum atomic E-state index is 12.2. The molecule has 1 aromatic carbocycles. The molecule has 9 heteroatoms. The Balaban J connectivity index is 2.25. The van der Waals surface area contributed by atoms with Crippen LogP contribution in [0.2, 0.25) is 15.1 Å². The third-order valence-electron chi connectivity index (χ3n) is 2.57. The van der Waals surface area contributed by atoms with E-state index in [0.717, 1.165) is 5.69 Å². The largest absolute Gasteiger partial charge is 0.242 e. The van der Waals surface area contributed by atoms with Gasteiger partial charge in [0.25, 0.3) is 0 Å². The van der Waals surface area contributed by atoms with Gasteiger partial charge in [0.15, 0.2) is 0 Å². The first-order valence-electron chi connectivity index (χ1n) is 5.71. The van der Waals surface area contributed by atoms with E-state index < -0.39 is 10.0 Å². The lowest BCUT2D eigenvalue weighted by Crippen LogP contribution is -2.24. The summed E-state index contributed by atoms with van der Waals surface area (Å²) in [7, 11) is -3.83. The summed E-state index contributed by atoms with van der Waals surface area (Å²) in [6, 6.07) is 4.17. The molecular formula is C12H10Cl3N3O2S. The van der Waals surface area contributed by atoms with Crippen molar-refractivity contribution in [3.8, 4) is 0 Å². The number of halogens is 3. The molecule has 0 unspecified atom stereocenters. The van der Waals surface area contributed by atoms with Crippen LogP contribution in [0.25, 0.3) is 0 Å². The highest BCUT2D eigenvalue weighted by Crippen LogP contribution is 2.31. The molecule has 5 nitrogen and oxygen atoms in total. The molecule has 0 amide bonds. The van der Waals surface area contributed by atoms with Gasteiger partial charge in [-0.1, -0.05) is 34.8 Å². The van der Waals surface area contributed by atoms with Crippen LogP contribution in [0, 0.1) is 6.92 Å². The Hall–Kier alpha value is -0.920. The van der Waals surface area contributed by atoms with E-state index in [1.807, 2.05) is 0 Å². The molecule has 0 aliphatic carbocycles. The van der Waals surface area contributed by atoms with Crippen LogP contribution in [-0.2, 0) is 16.6 Å². The van der Waals surface area contributed by atoms with Crippen LogP contribution in [0.1, 0.15) is 11.4 Å². The van der Waals surface area contributed by atoms with Crippen molar-refractivity contribution < 1.29 is 8.42 Å². The second-order valence-corrected chi connectivity index (χ2v) is 7.13. The van der Waals surface area contributed by atoms with E-state index in [-0.39, 0.29) is 26.5 Å². The number of rotatable bonds is 4. The number of aromatic nitrogens is 2. The van der Waals surface area contributed by atoms with Crippen LogP contribution < -0.4 is 4.72 Å². The summed E-state index contributed by atoms with van der Waals surface area (Å²) in [6.45, 7) is 1.80. The molecule has 2 aromatic rings. The lowest BCUT2D eigenvalue weighted by molar-refractivity contribution is 0.580. The van der Waals surface area contributed by atoms with Crippen molar-refractivity contribution in [3.63, 3.8) is 0 Å². The zero-order chi connectivity index (χ0) is 15.6. The number of nitrogens with one attached hydrogen (secondary N) is 1. The highest BCUT2D eigenvalue weighted by atomic mass is 35.5. The Kier molecular flexibility index (Phi) is 5.06. The smallest absolute Gasteiger partial charge is 0.242 e. The van der Waals surface area contributed by atoms with Crippen LogP contribution in [-0.4, -0.2) is 18.4 Å². The topological polar surface area (TPSA) is 72.0 Å². The third-order valence-corrected chi connectivity index (χ3v) is 5.16. The van der Waals surface area contributed by atoms with E-state index in [0.29, 0.717) is 5.69 Å². The molecule has 1 aromatic heterocycles. The zero-order valence-electron chi connectivity index (χ0n) is 10.8. The quantitative estimate of drug-likeness (QED) is 0.843. The standard InChI is InChI=1S/C12H10Cl3N3O2S/c1-7-2-8(17-6-16-7)5-18-21(19,20)12-4-10(14)9(13)3-11(12)15/h2-4,6,18H,5H2,1H3. The predicted octanol–water partition coefficient (Wildman–Crippen LogP) is 3.22. The van der Waals surface area contributed by atoms with Crippen molar-refractivity contribution in [2.24, 2.45) is 0 Å². The minimum Gasteiger partial charge on any atom is -0.242 e. The van der Waals surface area contributed by atoms with Crippen LogP contribution in [0.4, 0.5) is 0 Å². The molecular weight excluding hydrogens is 357 g/mol. The van der Waals surface area contributed by atoms with Crippen molar-refractivity contribution in [2.45, 2.75) is 18.4 Å². The van der Waals surface area contributed by atoms with Crippen molar-refractivity contribution in [1.29, 1.82) is 0 Å². The number of hydrogen-bond donors (Lipinski definition) is 1. The Bertz CT molecular complexity index is 781. The van der Waals surface area contributed by atoms with Crippen LogP contribution in [0.5, 0.6) is 0 Å². The second kappa shape index (κ2) is 6.46. The van der Waals surface area contributed by atoms with E-state index in [1.165, 1.54) is 18.5 Å². The molecule has 0 radical (unpaired) electrons. The van der Waals surface area contributed by atoms with Gasteiger partial charge in [-0.15, -0.1) is 0 Å². The molecule has 0 aliphatic heterocycles. The lowest BCUT2D eigenvalue weighted by Gasteiger charge is -2.09. The number of benzene rings is 1. The normalized spacial score (nSPS) is 11.6. The monoisotopic (exact) mass is 365 g/mol. The van der Waals surface area contributed by atoms with Crippen molar-refractivity contribution in [2.75, 3.05) is 0 Å². The van der Waals surface area contributed by atoms with Crippen molar-refractivity contribution in [3.05, 3.63) is 51.0 Å². The molecule has 0 aliphatic rings. The number of sulfonamides is 1. The number of hydrogen-bond acceptors (Lipinski definition) is 4. The summed E-state index contributed by atoms with van der Waals surface area (Å²) >= 11 is 17.5. The fraction of sp³-hybridized carbons (Fsp3) is 0.167. The fourth-order valence-electron chi connectivity index (χ4n) is 1.56. The average Bonchev–Trinajstić information content (AvgIpc) is 2.41. The maximum Gasteiger partial charge on any atom is 0.242 e. The summed E-state index contributed by atoms with van der Waals surface area (Å²) in [6.07, 6.45) is 1.37. The minimum atomic E-state index is -3.83. The number of nitrogens with zero attached hydrogens (tertiary/aromatic N) is 2. The van der Waals surface area contributed by atoms with E-state index in [2.05, 4.69) is 14.7 Å². The Morgan fingerprint density at radius 3 is 2.38 bits per heavy atom. The van der Waals surface area contributed by atoms with Gasteiger partial charge in [0.05, 0.1) is 27.3 Å². The van der Waals surface area contributed by atoms with Crippen molar-refractivity contribution in [1.82, 2.24) is 14.7 Å². The molecule has 112 valence electrons. The van der Waals surface area contributed by atoms with Crippen LogP contribution in [0.3, 0.4) is 0 Å². The van der Waals surface area contributed by atoms with Gasteiger partial charge in [0, 0.05) is 5.69 Å². The molecule has 0 fully saturated rings. The Labute approximate surface area is 137 Å². The minimum absolute atomic E-state index is 0.00392. The summed E-state index contributed by atoms with van der Waals surface area (Å²) in [5.41, 5.74) is 1.29. The molecule has 0 atom stereocenters. The predicted molar refractivity (Wildman–Crippen MR) is 82.3 cm³/mol. The van der Waals surface area contributed by atoms with E-state index >= 15 is 0 Å². The molecule has 1 N–H and O–H groups in total. The highest BCUT2D eigenvalue weighted by molar-refractivity contribution is 7.89. The van der Waals surface area contributed by atoms with Crippen molar-refractivity contribution >= 4 is 44.8 Å². The van der Waals surface area contributed by atoms with Crippen LogP contribution in [0.15, 0.2) is 29.4 Å². The maximum absolute atomic E-state index is 12.2. The van der Waals surface area contributed by atoms with E-state index in [4.69, 9.17) is 34.8 Å². The zero-order valence-corrected chi connectivity index (χ0v) is 13.9. The molecule has 21 heavy (non-hydrogen) atoms. The molecule has 0 bridgehead atoms. The Morgan fingerprint density at radius 2 is 1.71 bits per heavy atom. The molecule has 2 rings (SSSR count). The highest BCUT2D eigenvalue weighted by Gasteiger charge is 2.19. The van der Waals surface area contributed by atoms with E-state index in [1.54, 1.807) is 13.0 Å². The van der Waals surface area contributed by atoms with Gasteiger partial charge in [0.1, 0.15) is 11.2 Å². The first-order chi connectivity index (χ1) is 9.79. The molecule has 0 saturated heterocycles. The lowest BCUT2D eigenvalue weighted by atomic mass is 10.3. The first-order valence-corrected chi connectivity index (χ1v) is 8.33. The average molecular weight is 367 g/mol. The molecule has 0 spiro atoms. The van der Waals surface area contributed by atoms with E-state index in [9.17, 15) is 8.42 Å². The molecule has 0 saturated carbocycles. The van der Waals surface area contributed by atoms with Gasteiger partial charge >= 0.3 is 0 Å². The van der Waals surface area contributed by atoms with Gasteiger partial charge in [-0.05, 0) is 25.1 Å². The second-order valence-electron chi connectivity index (χ2n) is 4.17.